The second-order valence-electron chi connectivity index (χ2n) is 3.64. The van der Waals surface area contributed by atoms with Gasteiger partial charge in [0.25, 0.3) is 0 Å². The third kappa shape index (κ3) is 8.65. The predicted octanol–water partition coefficient (Wildman–Crippen LogP) is -0.237. The number of rotatable bonds is 9. The molecule has 0 rings (SSSR count). The Kier molecular flexibility index (Phi) is 9.37. The summed E-state index contributed by atoms with van der Waals surface area (Å²) in [6.07, 6.45) is 1.48. The fourth-order valence-electron chi connectivity index (χ4n) is 1.35. The van der Waals surface area contributed by atoms with E-state index in [0.29, 0.717) is 32.5 Å². The Balaban J connectivity index is 3.95. The molecule has 0 atom stereocenters. The van der Waals surface area contributed by atoms with Gasteiger partial charge in [-0.15, -0.1) is 0 Å². The van der Waals surface area contributed by atoms with Crippen LogP contribution in [-0.4, -0.2) is 57.2 Å². The molecule has 0 aromatic rings. The van der Waals surface area contributed by atoms with E-state index in [9.17, 15) is 9.59 Å². The van der Waals surface area contributed by atoms with Crippen molar-refractivity contribution in [1.29, 1.82) is 0 Å². The molecule has 0 amide bonds. The lowest BCUT2D eigenvalue weighted by Crippen LogP contribution is -2.31. The minimum absolute atomic E-state index is 0.249. The first kappa shape index (κ1) is 15.9. The van der Waals surface area contributed by atoms with Crippen LogP contribution in [0.4, 0.5) is 0 Å². The van der Waals surface area contributed by atoms with Crippen LogP contribution in [0.1, 0.15) is 19.3 Å². The lowest BCUT2D eigenvalue weighted by atomic mass is 10.3. The topological polar surface area (TPSA) is 81.9 Å². The molecule has 0 bridgehead atoms. The van der Waals surface area contributed by atoms with Crippen molar-refractivity contribution in [2.24, 2.45) is 5.73 Å². The summed E-state index contributed by atoms with van der Waals surface area (Å²) in [5, 5.41) is 0. The largest absolute Gasteiger partial charge is 0.469 e. The summed E-state index contributed by atoms with van der Waals surface area (Å²) in [4.78, 5) is 24.1. The molecule has 0 fully saturated rings. The molecule has 0 aromatic carbocycles. The number of nitrogens with zero attached hydrogens (tertiary/aromatic N) is 1. The second-order valence-corrected chi connectivity index (χ2v) is 3.64. The summed E-state index contributed by atoms with van der Waals surface area (Å²) < 4.78 is 9.14. The number of carbonyl (C=O) groups excluding carboxylic acids is 2. The third-order valence-electron chi connectivity index (χ3n) is 2.40. The van der Waals surface area contributed by atoms with Crippen molar-refractivity contribution < 1.29 is 19.1 Å². The normalized spacial score (nSPS) is 10.4. The molecule has 0 aliphatic carbocycles. The van der Waals surface area contributed by atoms with Gasteiger partial charge in [-0.25, -0.2) is 0 Å². The van der Waals surface area contributed by atoms with Crippen LogP contribution in [0.3, 0.4) is 0 Å². The van der Waals surface area contributed by atoms with E-state index in [1.165, 1.54) is 14.2 Å². The zero-order chi connectivity index (χ0) is 13.1. The van der Waals surface area contributed by atoms with Crippen molar-refractivity contribution in [2.45, 2.75) is 19.3 Å². The lowest BCUT2D eigenvalue weighted by Gasteiger charge is -2.20. The molecule has 0 aliphatic rings. The fraction of sp³-hybridized carbons (Fsp3) is 0.818. The maximum absolute atomic E-state index is 11.0. The van der Waals surface area contributed by atoms with E-state index in [1.807, 2.05) is 4.90 Å². The maximum atomic E-state index is 11.0. The van der Waals surface area contributed by atoms with E-state index < -0.39 is 0 Å². The molecule has 0 spiro atoms. The molecule has 100 valence electrons. The Morgan fingerprint density at radius 2 is 1.47 bits per heavy atom. The Morgan fingerprint density at radius 3 is 1.82 bits per heavy atom. The monoisotopic (exact) mass is 246 g/mol. The highest BCUT2D eigenvalue weighted by Crippen LogP contribution is 1.98. The van der Waals surface area contributed by atoms with Gasteiger partial charge in [0.15, 0.2) is 0 Å². The second kappa shape index (κ2) is 10.0. The molecular formula is C11H22N2O4. The molecule has 2 N–H and O–H groups in total. The molecule has 6 nitrogen and oxygen atoms in total. The summed E-state index contributed by atoms with van der Waals surface area (Å²) in [6, 6.07) is 0. The summed E-state index contributed by atoms with van der Waals surface area (Å²) in [5.74, 6) is -0.498. The number of esters is 2. The molecule has 0 aliphatic heterocycles. The number of hydrogen-bond acceptors (Lipinski definition) is 6. The SMILES string of the molecule is COC(=O)CCN(CCCN)CCC(=O)OC. The first-order valence-electron chi connectivity index (χ1n) is 5.70. The van der Waals surface area contributed by atoms with Gasteiger partial charge in [0.1, 0.15) is 0 Å². The van der Waals surface area contributed by atoms with Crippen molar-refractivity contribution in [3.05, 3.63) is 0 Å². The number of methoxy groups -OCH3 is 2. The number of ether oxygens (including phenoxy) is 2. The highest BCUT2D eigenvalue weighted by atomic mass is 16.5. The van der Waals surface area contributed by atoms with Crippen LogP contribution in [0.15, 0.2) is 0 Å². The Labute approximate surface area is 102 Å². The fourth-order valence-corrected chi connectivity index (χ4v) is 1.35. The van der Waals surface area contributed by atoms with E-state index in [1.54, 1.807) is 0 Å². The number of hydrogen-bond donors (Lipinski definition) is 1. The van der Waals surface area contributed by atoms with Crippen LogP contribution in [0.2, 0.25) is 0 Å². The number of carbonyl (C=O) groups is 2. The molecule has 0 saturated carbocycles. The van der Waals surface area contributed by atoms with Crippen LogP contribution in [0.25, 0.3) is 0 Å². The van der Waals surface area contributed by atoms with Gasteiger partial charge in [0.2, 0.25) is 0 Å². The van der Waals surface area contributed by atoms with Crippen LogP contribution in [0, 0.1) is 0 Å². The summed E-state index contributed by atoms with van der Waals surface area (Å²) >= 11 is 0. The zero-order valence-electron chi connectivity index (χ0n) is 10.6. The van der Waals surface area contributed by atoms with Crippen molar-refractivity contribution >= 4 is 11.9 Å². The summed E-state index contributed by atoms with van der Waals surface area (Å²) in [7, 11) is 2.72. The molecule has 0 heterocycles. The van der Waals surface area contributed by atoms with Gasteiger partial charge in [0.05, 0.1) is 27.1 Å². The third-order valence-corrected chi connectivity index (χ3v) is 2.40. The van der Waals surface area contributed by atoms with Gasteiger partial charge in [-0.05, 0) is 19.5 Å². The van der Waals surface area contributed by atoms with Gasteiger partial charge >= 0.3 is 11.9 Å². The van der Waals surface area contributed by atoms with Crippen LogP contribution < -0.4 is 5.73 Å². The van der Waals surface area contributed by atoms with Crippen LogP contribution >= 0.6 is 0 Å². The minimum Gasteiger partial charge on any atom is -0.469 e. The van der Waals surface area contributed by atoms with Crippen molar-refractivity contribution in [2.75, 3.05) is 40.4 Å². The molecule has 17 heavy (non-hydrogen) atoms. The molecular weight excluding hydrogens is 224 g/mol. The van der Waals surface area contributed by atoms with Crippen molar-refractivity contribution in [1.82, 2.24) is 4.90 Å². The molecule has 0 radical (unpaired) electrons. The molecule has 0 aromatic heterocycles. The zero-order valence-corrected chi connectivity index (χ0v) is 10.6. The Bertz CT molecular complexity index is 214. The maximum Gasteiger partial charge on any atom is 0.306 e. The minimum atomic E-state index is -0.249. The molecule has 0 saturated heterocycles. The number of nitrogens with two attached hydrogens (primary N) is 1. The highest BCUT2D eigenvalue weighted by molar-refractivity contribution is 5.70. The summed E-state index contributed by atoms with van der Waals surface area (Å²) in [6.45, 7) is 2.50. The van der Waals surface area contributed by atoms with Crippen molar-refractivity contribution in [3.8, 4) is 0 Å². The van der Waals surface area contributed by atoms with Crippen molar-refractivity contribution in [3.63, 3.8) is 0 Å². The standard InChI is InChI=1S/C11H22N2O4/c1-16-10(14)4-8-13(7-3-6-12)9-5-11(15)17-2/h3-9,12H2,1-2H3. The van der Waals surface area contributed by atoms with E-state index in [4.69, 9.17) is 5.73 Å². The van der Waals surface area contributed by atoms with Crippen LogP contribution in [-0.2, 0) is 19.1 Å². The first-order chi connectivity index (χ1) is 8.13. The first-order valence-corrected chi connectivity index (χ1v) is 5.70. The van der Waals surface area contributed by atoms with Crippen LogP contribution in [0.5, 0.6) is 0 Å². The molecule has 0 unspecified atom stereocenters. The van der Waals surface area contributed by atoms with E-state index >= 15 is 0 Å². The quantitative estimate of drug-likeness (QED) is 0.566. The van der Waals surface area contributed by atoms with Gasteiger partial charge in [-0.3, -0.25) is 9.59 Å². The molecule has 6 heteroatoms. The van der Waals surface area contributed by atoms with Gasteiger partial charge in [-0.1, -0.05) is 0 Å². The average Bonchev–Trinajstić information content (AvgIpc) is 2.36. The Morgan fingerprint density at radius 1 is 1.00 bits per heavy atom. The van der Waals surface area contributed by atoms with E-state index in [2.05, 4.69) is 9.47 Å². The van der Waals surface area contributed by atoms with E-state index in [-0.39, 0.29) is 11.9 Å². The highest BCUT2D eigenvalue weighted by Gasteiger charge is 2.10. The van der Waals surface area contributed by atoms with Gasteiger partial charge in [0, 0.05) is 13.1 Å². The Hall–Kier alpha value is -1.14. The summed E-state index contributed by atoms with van der Waals surface area (Å²) in [5.41, 5.74) is 5.43. The van der Waals surface area contributed by atoms with Gasteiger partial charge in [-0.2, -0.15) is 0 Å². The lowest BCUT2D eigenvalue weighted by molar-refractivity contribution is -0.141. The smallest absolute Gasteiger partial charge is 0.306 e. The average molecular weight is 246 g/mol. The van der Waals surface area contributed by atoms with Gasteiger partial charge < -0.3 is 20.1 Å². The van der Waals surface area contributed by atoms with E-state index in [0.717, 1.165) is 13.0 Å². The predicted molar refractivity (Wildman–Crippen MR) is 63.4 cm³/mol.